The number of nitrogens with zero attached hydrogens (tertiary/aromatic N) is 1. The Balaban J connectivity index is 2.72. The molecule has 0 aromatic heterocycles. The Morgan fingerprint density at radius 2 is 1.87 bits per heavy atom. The Morgan fingerprint density at radius 3 is 2.33 bits per heavy atom. The van der Waals surface area contributed by atoms with Gasteiger partial charge < -0.3 is 5.43 Å². The topological polar surface area (TPSA) is 50.4 Å². The number of nitrogens with one attached hydrogen (secondary N) is 1. The summed E-state index contributed by atoms with van der Waals surface area (Å²) >= 11 is 0. The van der Waals surface area contributed by atoms with Crippen LogP contribution >= 0.6 is 0 Å². The lowest BCUT2D eigenvalue weighted by molar-refractivity contribution is -0.0620. The third kappa shape index (κ3) is 3.59. The van der Waals surface area contributed by atoms with Gasteiger partial charge in [0.15, 0.2) is 0 Å². The maximum atomic E-state index is 12.1. The van der Waals surface area contributed by atoms with E-state index in [2.05, 4.69) is 4.99 Å². The van der Waals surface area contributed by atoms with Crippen molar-refractivity contribution in [3.8, 4) is 0 Å². The first-order chi connectivity index (χ1) is 7.04. The van der Waals surface area contributed by atoms with Gasteiger partial charge in [-0.3, -0.25) is 4.99 Å². The molecule has 0 saturated heterocycles. The maximum Gasteiger partial charge on any atom is 0.450 e. The van der Waals surface area contributed by atoms with Gasteiger partial charge in [0.05, 0.1) is 6.54 Å². The van der Waals surface area contributed by atoms with Crippen LogP contribution < -0.4 is 11.3 Å². The van der Waals surface area contributed by atoms with Gasteiger partial charge in [-0.05, 0) is 5.56 Å². The quantitative estimate of drug-likeness (QED) is 0.342. The summed E-state index contributed by atoms with van der Waals surface area (Å²) in [6.07, 6.45) is -4.54. The van der Waals surface area contributed by atoms with E-state index in [1.54, 1.807) is 30.3 Å². The van der Waals surface area contributed by atoms with E-state index in [-0.39, 0.29) is 6.54 Å². The summed E-state index contributed by atoms with van der Waals surface area (Å²) in [6, 6.07) is 8.61. The molecule has 3 N–H and O–H groups in total. The molecular formula is C9H10F3N3. The zero-order valence-corrected chi connectivity index (χ0v) is 7.75. The number of hydrazine groups is 1. The molecule has 0 heterocycles. The van der Waals surface area contributed by atoms with E-state index in [9.17, 15) is 13.2 Å². The molecule has 1 aromatic rings. The second-order valence-corrected chi connectivity index (χ2v) is 2.79. The maximum absolute atomic E-state index is 12.1. The summed E-state index contributed by atoms with van der Waals surface area (Å²) in [5, 5.41) is 0. The van der Waals surface area contributed by atoms with Crippen molar-refractivity contribution in [1.29, 1.82) is 0 Å². The predicted molar refractivity (Wildman–Crippen MR) is 51.0 cm³/mol. The van der Waals surface area contributed by atoms with E-state index < -0.39 is 12.0 Å². The Hall–Kier alpha value is -1.56. The van der Waals surface area contributed by atoms with Gasteiger partial charge in [0.2, 0.25) is 5.84 Å². The highest BCUT2D eigenvalue weighted by molar-refractivity contribution is 5.86. The molecule has 1 rings (SSSR count). The largest absolute Gasteiger partial charge is 0.450 e. The molecule has 0 saturated carbocycles. The lowest BCUT2D eigenvalue weighted by Gasteiger charge is -2.08. The lowest BCUT2D eigenvalue weighted by atomic mass is 10.2. The standard InChI is InChI=1S/C9H10F3N3/c10-9(11,12)8(15-13)14-6-7-4-2-1-3-5-7/h1-5H,6,13H2,(H,14,15). The second kappa shape index (κ2) is 4.79. The van der Waals surface area contributed by atoms with Crippen LogP contribution in [0.1, 0.15) is 5.56 Å². The zero-order chi connectivity index (χ0) is 11.3. The number of rotatable bonds is 2. The smallest absolute Gasteiger partial charge is 0.305 e. The molecular weight excluding hydrogens is 207 g/mol. The Morgan fingerprint density at radius 1 is 1.27 bits per heavy atom. The number of halogens is 3. The minimum absolute atomic E-state index is 0.0557. The summed E-state index contributed by atoms with van der Waals surface area (Å²) in [5.41, 5.74) is 2.23. The molecule has 0 amide bonds. The van der Waals surface area contributed by atoms with Crippen LogP contribution in [-0.4, -0.2) is 12.0 Å². The monoisotopic (exact) mass is 217 g/mol. The van der Waals surface area contributed by atoms with Crippen LogP contribution in [0.25, 0.3) is 0 Å². The molecule has 0 aliphatic rings. The third-order valence-electron chi connectivity index (χ3n) is 1.67. The van der Waals surface area contributed by atoms with Gasteiger partial charge in [0.25, 0.3) is 0 Å². The minimum Gasteiger partial charge on any atom is -0.305 e. The molecule has 0 aliphatic heterocycles. The van der Waals surface area contributed by atoms with Crippen LogP contribution in [-0.2, 0) is 6.54 Å². The molecule has 0 unspecified atom stereocenters. The number of hydrogen-bond donors (Lipinski definition) is 2. The summed E-state index contributed by atoms with van der Waals surface area (Å²) < 4.78 is 36.4. The molecule has 0 bridgehead atoms. The first kappa shape index (κ1) is 11.5. The molecule has 0 spiro atoms. The number of benzene rings is 1. The molecule has 1 aromatic carbocycles. The van der Waals surface area contributed by atoms with E-state index in [0.29, 0.717) is 5.56 Å². The normalized spacial score (nSPS) is 12.7. The highest BCUT2D eigenvalue weighted by Crippen LogP contribution is 2.16. The van der Waals surface area contributed by atoms with Gasteiger partial charge in [-0.2, -0.15) is 13.2 Å². The van der Waals surface area contributed by atoms with Crippen molar-refractivity contribution in [3.05, 3.63) is 35.9 Å². The molecule has 6 heteroatoms. The second-order valence-electron chi connectivity index (χ2n) is 2.79. The summed E-state index contributed by atoms with van der Waals surface area (Å²) in [4.78, 5) is 3.34. The fraction of sp³-hybridized carbons (Fsp3) is 0.222. The molecule has 0 radical (unpaired) electrons. The zero-order valence-electron chi connectivity index (χ0n) is 7.75. The van der Waals surface area contributed by atoms with Gasteiger partial charge in [-0.1, -0.05) is 30.3 Å². The molecule has 82 valence electrons. The van der Waals surface area contributed by atoms with Crippen LogP contribution in [0.4, 0.5) is 13.2 Å². The van der Waals surface area contributed by atoms with Gasteiger partial charge in [-0.25, -0.2) is 5.84 Å². The van der Waals surface area contributed by atoms with Crippen LogP contribution in [0.15, 0.2) is 35.3 Å². The van der Waals surface area contributed by atoms with E-state index in [1.807, 2.05) is 0 Å². The third-order valence-corrected chi connectivity index (χ3v) is 1.67. The summed E-state index contributed by atoms with van der Waals surface area (Å²) in [7, 11) is 0. The van der Waals surface area contributed by atoms with Gasteiger partial charge in [0, 0.05) is 0 Å². The molecule has 15 heavy (non-hydrogen) atoms. The first-order valence-corrected chi connectivity index (χ1v) is 4.16. The average Bonchev–Trinajstić information content (AvgIpc) is 2.18. The summed E-state index contributed by atoms with van der Waals surface area (Å²) in [5.74, 6) is 3.55. The SMILES string of the molecule is NNC(=NCc1ccccc1)C(F)(F)F. The van der Waals surface area contributed by atoms with Crippen molar-refractivity contribution in [2.75, 3.05) is 0 Å². The Labute approximate surface area is 84.8 Å². The van der Waals surface area contributed by atoms with E-state index in [1.165, 1.54) is 5.43 Å². The lowest BCUT2D eigenvalue weighted by Crippen LogP contribution is -2.41. The van der Waals surface area contributed by atoms with Crippen LogP contribution in [0.5, 0.6) is 0 Å². The Kier molecular flexibility index (Phi) is 3.68. The van der Waals surface area contributed by atoms with Crippen molar-refractivity contribution in [2.45, 2.75) is 12.7 Å². The highest BCUT2D eigenvalue weighted by atomic mass is 19.4. The van der Waals surface area contributed by atoms with Crippen LogP contribution in [0.3, 0.4) is 0 Å². The molecule has 0 aliphatic carbocycles. The fourth-order valence-electron chi connectivity index (χ4n) is 0.971. The average molecular weight is 217 g/mol. The molecule has 0 fully saturated rings. The Bertz CT molecular complexity index is 332. The van der Waals surface area contributed by atoms with Crippen molar-refractivity contribution in [3.63, 3.8) is 0 Å². The minimum atomic E-state index is -4.54. The van der Waals surface area contributed by atoms with Gasteiger partial charge in [0.1, 0.15) is 0 Å². The van der Waals surface area contributed by atoms with E-state index >= 15 is 0 Å². The van der Waals surface area contributed by atoms with Crippen molar-refractivity contribution in [2.24, 2.45) is 10.8 Å². The predicted octanol–water partition coefficient (Wildman–Crippen LogP) is 1.61. The summed E-state index contributed by atoms with van der Waals surface area (Å²) in [6.45, 7) is -0.0557. The van der Waals surface area contributed by atoms with E-state index in [0.717, 1.165) is 0 Å². The van der Waals surface area contributed by atoms with Crippen molar-refractivity contribution < 1.29 is 13.2 Å². The van der Waals surface area contributed by atoms with Gasteiger partial charge >= 0.3 is 6.18 Å². The number of nitrogens with two attached hydrogens (primary N) is 1. The number of aliphatic imine (C=N–C) groups is 1. The van der Waals surface area contributed by atoms with Gasteiger partial charge in [-0.15, -0.1) is 0 Å². The van der Waals surface area contributed by atoms with E-state index in [4.69, 9.17) is 5.84 Å². The fourth-order valence-corrected chi connectivity index (χ4v) is 0.971. The highest BCUT2D eigenvalue weighted by Gasteiger charge is 2.35. The molecule has 0 atom stereocenters. The number of alkyl halides is 3. The van der Waals surface area contributed by atoms with Crippen LogP contribution in [0, 0.1) is 0 Å². The van der Waals surface area contributed by atoms with Crippen LogP contribution in [0.2, 0.25) is 0 Å². The molecule has 3 nitrogen and oxygen atoms in total. The number of hydrogen-bond acceptors (Lipinski definition) is 2. The van der Waals surface area contributed by atoms with Crippen molar-refractivity contribution >= 4 is 5.84 Å². The van der Waals surface area contributed by atoms with Crippen molar-refractivity contribution in [1.82, 2.24) is 5.43 Å². The number of amidine groups is 1. The first-order valence-electron chi connectivity index (χ1n) is 4.16.